The van der Waals surface area contributed by atoms with E-state index in [0.717, 1.165) is 0 Å². The second-order valence-electron chi connectivity index (χ2n) is 7.20. The second-order valence-corrected chi connectivity index (χ2v) is 8.05. The van der Waals surface area contributed by atoms with Crippen LogP contribution in [0.15, 0.2) is 53.9 Å². The van der Waals surface area contributed by atoms with Crippen LogP contribution in [0.1, 0.15) is 39.3 Å². The zero-order chi connectivity index (χ0) is 21.8. The van der Waals surface area contributed by atoms with Gasteiger partial charge in [-0.2, -0.15) is 0 Å². The van der Waals surface area contributed by atoms with E-state index in [0.29, 0.717) is 53.3 Å². The quantitative estimate of drug-likeness (QED) is 0.431. The van der Waals surface area contributed by atoms with Crippen molar-refractivity contribution in [1.29, 1.82) is 0 Å². The lowest BCUT2D eigenvalue weighted by molar-refractivity contribution is -0.120. The number of carbonyl (C=O) groups excluding carboxylic acids is 3. The number of carbonyl (C=O) groups is 3. The Hall–Kier alpha value is -3.39. The highest BCUT2D eigenvalue weighted by Crippen LogP contribution is 2.25. The molecule has 0 saturated carbocycles. The van der Waals surface area contributed by atoms with Gasteiger partial charge in [0.25, 0.3) is 11.8 Å². The average Bonchev–Trinajstić information content (AvgIpc) is 3.32. The number of halogens is 1. The Bertz CT molecular complexity index is 1110. The Morgan fingerprint density at radius 1 is 1.03 bits per heavy atom. The van der Waals surface area contributed by atoms with Gasteiger partial charge in [-0.25, -0.2) is 9.37 Å². The molecule has 0 saturated heterocycles. The van der Waals surface area contributed by atoms with E-state index < -0.39 is 0 Å². The number of fused-ring (bicyclic) bond motifs is 1. The van der Waals surface area contributed by atoms with Crippen molar-refractivity contribution in [2.45, 2.75) is 19.3 Å². The first-order valence-electron chi connectivity index (χ1n) is 9.95. The lowest BCUT2D eigenvalue weighted by atomic mass is 10.1. The number of aromatic nitrogens is 1. The van der Waals surface area contributed by atoms with Crippen LogP contribution in [0.2, 0.25) is 0 Å². The van der Waals surface area contributed by atoms with Crippen molar-refractivity contribution in [3.05, 3.63) is 76.5 Å². The van der Waals surface area contributed by atoms with Crippen LogP contribution < -0.4 is 5.32 Å². The standard InChI is InChI=1S/C23H20FN3O3S/c24-16-7-5-6-15(12-16)21-26-17(14-31-21)13-20(28)25-10-3-4-11-27-22(29)18-8-1-2-9-19(18)23(27)30/h1-2,5-9,12,14H,3-4,10-11,13H2,(H,25,28). The number of nitrogens with zero attached hydrogens (tertiary/aromatic N) is 2. The molecule has 0 aliphatic carbocycles. The predicted molar refractivity (Wildman–Crippen MR) is 115 cm³/mol. The number of nitrogens with one attached hydrogen (secondary N) is 1. The summed E-state index contributed by atoms with van der Waals surface area (Å²) in [6, 6.07) is 13.0. The molecule has 0 bridgehead atoms. The topological polar surface area (TPSA) is 79.4 Å². The highest BCUT2D eigenvalue weighted by atomic mass is 32.1. The molecule has 1 aliphatic heterocycles. The van der Waals surface area contributed by atoms with E-state index >= 15 is 0 Å². The summed E-state index contributed by atoms with van der Waals surface area (Å²) in [5, 5.41) is 5.29. The van der Waals surface area contributed by atoms with Crippen LogP contribution in [-0.4, -0.2) is 40.7 Å². The average molecular weight is 437 g/mol. The number of amides is 3. The van der Waals surface area contributed by atoms with E-state index in [1.54, 1.807) is 41.8 Å². The molecule has 4 rings (SSSR count). The van der Waals surface area contributed by atoms with Crippen LogP contribution in [0.25, 0.3) is 10.6 Å². The van der Waals surface area contributed by atoms with E-state index in [2.05, 4.69) is 10.3 Å². The van der Waals surface area contributed by atoms with Gasteiger partial charge in [0.05, 0.1) is 23.2 Å². The molecule has 3 amide bonds. The van der Waals surface area contributed by atoms with Crippen LogP contribution in [0.4, 0.5) is 4.39 Å². The van der Waals surface area contributed by atoms with E-state index in [1.165, 1.54) is 28.4 Å². The molecule has 1 aromatic heterocycles. The maximum Gasteiger partial charge on any atom is 0.261 e. The summed E-state index contributed by atoms with van der Waals surface area (Å²) in [5.74, 6) is -1.01. The fourth-order valence-electron chi connectivity index (χ4n) is 3.43. The highest BCUT2D eigenvalue weighted by Gasteiger charge is 2.34. The fraction of sp³-hybridized carbons (Fsp3) is 0.217. The third-order valence-electron chi connectivity index (χ3n) is 4.97. The van der Waals surface area contributed by atoms with Crippen LogP contribution in [0.3, 0.4) is 0 Å². The number of unbranched alkanes of at least 4 members (excludes halogenated alkanes) is 1. The van der Waals surface area contributed by atoms with Gasteiger partial charge >= 0.3 is 0 Å². The molecule has 0 unspecified atom stereocenters. The first kappa shape index (κ1) is 20.9. The summed E-state index contributed by atoms with van der Waals surface area (Å²) in [6.45, 7) is 0.772. The summed E-state index contributed by atoms with van der Waals surface area (Å²) < 4.78 is 13.4. The van der Waals surface area contributed by atoms with Crippen molar-refractivity contribution < 1.29 is 18.8 Å². The van der Waals surface area contributed by atoms with Gasteiger partial charge in [0.2, 0.25) is 5.91 Å². The molecule has 0 atom stereocenters. The van der Waals surface area contributed by atoms with Crippen molar-refractivity contribution in [3.8, 4) is 10.6 Å². The molecule has 2 aromatic carbocycles. The molecule has 1 N–H and O–H groups in total. The Balaban J connectivity index is 1.20. The second kappa shape index (κ2) is 9.18. The van der Waals surface area contributed by atoms with Gasteiger partial charge < -0.3 is 5.32 Å². The smallest absolute Gasteiger partial charge is 0.261 e. The molecule has 0 radical (unpaired) electrons. The maximum atomic E-state index is 13.4. The minimum atomic E-state index is -0.326. The Morgan fingerprint density at radius 2 is 1.77 bits per heavy atom. The first-order chi connectivity index (χ1) is 15.0. The monoisotopic (exact) mass is 437 g/mol. The largest absolute Gasteiger partial charge is 0.356 e. The molecular weight excluding hydrogens is 417 g/mol. The predicted octanol–water partition coefficient (Wildman–Crippen LogP) is 3.68. The van der Waals surface area contributed by atoms with Crippen LogP contribution in [-0.2, 0) is 11.2 Å². The van der Waals surface area contributed by atoms with Crippen molar-refractivity contribution in [2.75, 3.05) is 13.1 Å². The minimum Gasteiger partial charge on any atom is -0.356 e. The van der Waals surface area contributed by atoms with E-state index in [1.807, 2.05) is 0 Å². The van der Waals surface area contributed by atoms with Crippen molar-refractivity contribution in [1.82, 2.24) is 15.2 Å². The van der Waals surface area contributed by atoms with Gasteiger partial charge in [-0.3, -0.25) is 19.3 Å². The number of benzene rings is 2. The van der Waals surface area contributed by atoms with Gasteiger partial charge in [0.1, 0.15) is 10.8 Å². The molecule has 0 fully saturated rings. The van der Waals surface area contributed by atoms with Crippen LogP contribution in [0, 0.1) is 5.82 Å². The maximum absolute atomic E-state index is 13.4. The van der Waals surface area contributed by atoms with Gasteiger partial charge in [-0.1, -0.05) is 24.3 Å². The van der Waals surface area contributed by atoms with Gasteiger partial charge in [0, 0.05) is 24.0 Å². The Morgan fingerprint density at radius 3 is 2.48 bits per heavy atom. The number of thiazole rings is 1. The normalized spacial score (nSPS) is 12.9. The van der Waals surface area contributed by atoms with Crippen molar-refractivity contribution in [2.24, 2.45) is 0 Å². The fourth-order valence-corrected chi connectivity index (χ4v) is 4.25. The van der Waals surface area contributed by atoms with Gasteiger partial charge in [-0.15, -0.1) is 11.3 Å². The van der Waals surface area contributed by atoms with E-state index in [9.17, 15) is 18.8 Å². The molecule has 3 aromatic rings. The van der Waals surface area contributed by atoms with Crippen molar-refractivity contribution >= 4 is 29.1 Å². The minimum absolute atomic E-state index is 0.143. The molecule has 6 nitrogen and oxygen atoms in total. The number of rotatable bonds is 8. The third kappa shape index (κ3) is 4.69. The molecule has 158 valence electrons. The summed E-state index contributed by atoms with van der Waals surface area (Å²) in [6.07, 6.45) is 1.39. The van der Waals surface area contributed by atoms with E-state index in [-0.39, 0.29) is 30.0 Å². The summed E-state index contributed by atoms with van der Waals surface area (Å²) in [7, 11) is 0. The van der Waals surface area contributed by atoms with Crippen LogP contribution in [0.5, 0.6) is 0 Å². The molecular formula is C23H20FN3O3S. The zero-order valence-electron chi connectivity index (χ0n) is 16.6. The molecule has 0 spiro atoms. The van der Waals surface area contributed by atoms with Crippen LogP contribution >= 0.6 is 11.3 Å². The lowest BCUT2D eigenvalue weighted by Crippen LogP contribution is -2.31. The van der Waals surface area contributed by atoms with Gasteiger partial charge in [0.15, 0.2) is 0 Å². The highest BCUT2D eigenvalue weighted by molar-refractivity contribution is 7.13. The molecule has 1 aliphatic rings. The van der Waals surface area contributed by atoms with Crippen molar-refractivity contribution in [3.63, 3.8) is 0 Å². The number of imide groups is 1. The molecule has 8 heteroatoms. The SMILES string of the molecule is O=C(Cc1csc(-c2cccc(F)c2)n1)NCCCCN1C(=O)c2ccccc2C1=O. The third-order valence-corrected chi connectivity index (χ3v) is 5.91. The Labute approximate surface area is 182 Å². The number of hydrogen-bond donors (Lipinski definition) is 1. The van der Waals surface area contributed by atoms with Gasteiger partial charge in [-0.05, 0) is 37.1 Å². The zero-order valence-corrected chi connectivity index (χ0v) is 17.5. The summed E-state index contributed by atoms with van der Waals surface area (Å²) in [5.41, 5.74) is 2.21. The summed E-state index contributed by atoms with van der Waals surface area (Å²) in [4.78, 5) is 42.5. The summed E-state index contributed by atoms with van der Waals surface area (Å²) >= 11 is 1.37. The van der Waals surface area contributed by atoms with E-state index in [4.69, 9.17) is 0 Å². The lowest BCUT2D eigenvalue weighted by Gasteiger charge is -2.13. The number of hydrogen-bond acceptors (Lipinski definition) is 5. The Kier molecular flexibility index (Phi) is 6.18. The molecule has 2 heterocycles. The molecule has 31 heavy (non-hydrogen) atoms. The first-order valence-corrected chi connectivity index (χ1v) is 10.8.